The molecule has 1 unspecified atom stereocenters. The number of rotatable bonds is 5. The average molecular weight is 263 g/mol. The van der Waals surface area contributed by atoms with E-state index >= 15 is 0 Å². The van der Waals surface area contributed by atoms with Crippen LogP contribution < -0.4 is 0 Å². The van der Waals surface area contributed by atoms with Crippen molar-refractivity contribution in [3.05, 3.63) is 0 Å². The number of hydrogen-bond donors (Lipinski definition) is 1. The van der Waals surface area contributed by atoms with Crippen molar-refractivity contribution in [3.8, 4) is 0 Å². The van der Waals surface area contributed by atoms with E-state index in [2.05, 4.69) is 11.8 Å². The molecular weight excluding hydrogens is 242 g/mol. The number of sulfone groups is 1. The van der Waals surface area contributed by atoms with Crippen molar-refractivity contribution in [2.24, 2.45) is 11.8 Å². The Hall–Kier alpha value is -0.620. The van der Waals surface area contributed by atoms with Crippen LogP contribution in [0.4, 0.5) is 0 Å². The number of hydrogen-bond acceptors (Lipinski definition) is 4. The van der Waals surface area contributed by atoms with Gasteiger partial charge in [0.15, 0.2) is 0 Å². The highest BCUT2D eigenvalue weighted by molar-refractivity contribution is 7.90. The highest BCUT2D eigenvalue weighted by Crippen LogP contribution is 2.17. The molecule has 0 aliphatic carbocycles. The summed E-state index contributed by atoms with van der Waals surface area (Å²) in [5.74, 6) is -1.41. The fourth-order valence-electron chi connectivity index (χ4n) is 2.12. The van der Waals surface area contributed by atoms with Crippen molar-refractivity contribution in [2.75, 3.05) is 31.6 Å². The summed E-state index contributed by atoms with van der Waals surface area (Å²) in [5, 5.41) is 9.03. The van der Waals surface area contributed by atoms with Crippen LogP contribution in [0.3, 0.4) is 0 Å². The van der Waals surface area contributed by atoms with Crippen LogP contribution in [0.25, 0.3) is 0 Å². The lowest BCUT2D eigenvalue weighted by Crippen LogP contribution is -2.40. The smallest absolute Gasteiger partial charge is 0.308 e. The first-order valence-electron chi connectivity index (χ1n) is 5.91. The maximum Gasteiger partial charge on any atom is 0.308 e. The number of nitrogens with zero attached hydrogens (tertiary/aromatic N) is 1. The molecule has 1 heterocycles. The number of likely N-dealkylation sites (tertiary alicyclic amines) is 1. The fourth-order valence-corrected chi connectivity index (χ4v) is 3.10. The molecule has 6 heteroatoms. The number of carbonyl (C=O) groups is 1. The van der Waals surface area contributed by atoms with E-state index in [1.54, 1.807) is 0 Å². The van der Waals surface area contributed by atoms with Gasteiger partial charge < -0.3 is 10.0 Å². The van der Waals surface area contributed by atoms with Gasteiger partial charge in [-0.15, -0.1) is 0 Å². The number of carboxylic acids is 1. The predicted octanol–water partition coefficient (Wildman–Crippen LogP) is 0.464. The van der Waals surface area contributed by atoms with Crippen molar-refractivity contribution >= 4 is 15.8 Å². The van der Waals surface area contributed by atoms with Gasteiger partial charge in [-0.3, -0.25) is 4.79 Å². The van der Waals surface area contributed by atoms with Gasteiger partial charge in [0.2, 0.25) is 0 Å². The normalized spacial score (nSPS) is 21.3. The molecular formula is C11H21NO4S. The summed E-state index contributed by atoms with van der Waals surface area (Å²) >= 11 is 0. The van der Waals surface area contributed by atoms with E-state index in [9.17, 15) is 13.2 Å². The van der Waals surface area contributed by atoms with Gasteiger partial charge in [-0.05, 0) is 31.8 Å². The van der Waals surface area contributed by atoms with E-state index in [1.807, 2.05) is 0 Å². The SMILES string of the molecule is CC1CCN(CC(CS(C)(=O)=O)C(=O)O)CC1. The van der Waals surface area contributed by atoms with Crippen LogP contribution in [0, 0.1) is 11.8 Å². The molecule has 0 aromatic rings. The van der Waals surface area contributed by atoms with Crippen molar-refractivity contribution in [3.63, 3.8) is 0 Å². The molecule has 0 bridgehead atoms. The highest BCUT2D eigenvalue weighted by Gasteiger charge is 2.26. The van der Waals surface area contributed by atoms with Crippen LogP contribution in [-0.4, -0.2) is 56.0 Å². The van der Waals surface area contributed by atoms with Crippen LogP contribution in [0.1, 0.15) is 19.8 Å². The fraction of sp³-hybridized carbons (Fsp3) is 0.909. The lowest BCUT2D eigenvalue weighted by molar-refractivity contribution is -0.141. The van der Waals surface area contributed by atoms with Crippen LogP contribution in [0.2, 0.25) is 0 Å². The second-order valence-corrected chi connectivity index (χ2v) is 7.30. The molecule has 100 valence electrons. The lowest BCUT2D eigenvalue weighted by atomic mass is 9.98. The van der Waals surface area contributed by atoms with Gasteiger partial charge in [0.05, 0.1) is 11.7 Å². The highest BCUT2D eigenvalue weighted by atomic mass is 32.2. The van der Waals surface area contributed by atoms with Gasteiger partial charge in [0.25, 0.3) is 0 Å². The lowest BCUT2D eigenvalue weighted by Gasteiger charge is -2.31. The minimum absolute atomic E-state index is 0.269. The number of aliphatic carboxylic acids is 1. The number of piperidine rings is 1. The molecule has 0 aromatic carbocycles. The van der Waals surface area contributed by atoms with Crippen molar-refractivity contribution in [2.45, 2.75) is 19.8 Å². The molecule has 0 spiro atoms. The van der Waals surface area contributed by atoms with Crippen molar-refractivity contribution in [1.82, 2.24) is 4.90 Å². The molecule has 1 fully saturated rings. The molecule has 1 atom stereocenters. The number of carboxylic acid groups (broad SMARTS) is 1. The van der Waals surface area contributed by atoms with E-state index in [1.165, 1.54) is 0 Å². The third kappa shape index (κ3) is 5.50. The maximum atomic E-state index is 11.2. The van der Waals surface area contributed by atoms with Crippen LogP contribution >= 0.6 is 0 Å². The summed E-state index contributed by atoms with van der Waals surface area (Å²) in [6.07, 6.45) is 3.21. The predicted molar refractivity (Wildman–Crippen MR) is 65.7 cm³/mol. The van der Waals surface area contributed by atoms with E-state index in [4.69, 9.17) is 5.11 Å². The van der Waals surface area contributed by atoms with Gasteiger partial charge in [-0.25, -0.2) is 8.42 Å². The maximum absolute atomic E-state index is 11.2. The van der Waals surface area contributed by atoms with E-state index in [-0.39, 0.29) is 5.75 Å². The Kier molecular flexibility index (Phi) is 4.94. The van der Waals surface area contributed by atoms with Crippen LogP contribution in [0.15, 0.2) is 0 Å². The quantitative estimate of drug-likeness (QED) is 0.780. The Morgan fingerprint density at radius 2 is 1.94 bits per heavy atom. The first-order valence-corrected chi connectivity index (χ1v) is 7.97. The zero-order valence-corrected chi connectivity index (χ0v) is 11.2. The molecule has 1 saturated heterocycles. The molecule has 0 saturated carbocycles. The third-order valence-electron chi connectivity index (χ3n) is 3.21. The topological polar surface area (TPSA) is 74.7 Å². The molecule has 5 nitrogen and oxygen atoms in total. The molecule has 0 aromatic heterocycles. The minimum atomic E-state index is -3.24. The second-order valence-electron chi connectivity index (χ2n) is 5.11. The Labute approximate surface area is 103 Å². The summed E-state index contributed by atoms with van der Waals surface area (Å²) in [5.41, 5.74) is 0. The Morgan fingerprint density at radius 1 is 1.41 bits per heavy atom. The Morgan fingerprint density at radius 3 is 2.35 bits per heavy atom. The van der Waals surface area contributed by atoms with Crippen LogP contribution in [0.5, 0.6) is 0 Å². The average Bonchev–Trinajstić information content (AvgIpc) is 2.18. The Balaban J connectivity index is 2.53. The Bertz CT molecular complexity index is 358. The summed E-state index contributed by atoms with van der Waals surface area (Å²) in [6, 6.07) is 0. The molecule has 1 aliphatic heterocycles. The van der Waals surface area contributed by atoms with Crippen molar-refractivity contribution in [1.29, 1.82) is 0 Å². The summed E-state index contributed by atoms with van der Waals surface area (Å²) < 4.78 is 22.3. The first-order chi connectivity index (χ1) is 7.78. The van der Waals surface area contributed by atoms with Gasteiger partial charge >= 0.3 is 5.97 Å². The first kappa shape index (κ1) is 14.4. The van der Waals surface area contributed by atoms with Gasteiger partial charge in [-0.1, -0.05) is 6.92 Å². The third-order valence-corrected chi connectivity index (χ3v) is 4.22. The van der Waals surface area contributed by atoms with Gasteiger partial charge in [0, 0.05) is 12.8 Å². The van der Waals surface area contributed by atoms with Gasteiger partial charge in [0.1, 0.15) is 9.84 Å². The second kappa shape index (κ2) is 5.82. The van der Waals surface area contributed by atoms with Gasteiger partial charge in [-0.2, -0.15) is 0 Å². The summed E-state index contributed by atoms with van der Waals surface area (Å²) in [6.45, 7) is 4.26. The molecule has 1 N–H and O–H groups in total. The largest absolute Gasteiger partial charge is 0.481 e. The minimum Gasteiger partial charge on any atom is -0.481 e. The molecule has 0 radical (unpaired) electrons. The zero-order chi connectivity index (χ0) is 13.1. The summed E-state index contributed by atoms with van der Waals surface area (Å²) in [4.78, 5) is 13.1. The molecule has 1 rings (SSSR count). The van der Waals surface area contributed by atoms with E-state index in [0.717, 1.165) is 32.2 Å². The van der Waals surface area contributed by atoms with E-state index < -0.39 is 21.7 Å². The molecule has 0 amide bonds. The zero-order valence-electron chi connectivity index (χ0n) is 10.4. The molecule has 1 aliphatic rings. The monoisotopic (exact) mass is 263 g/mol. The summed E-state index contributed by atoms with van der Waals surface area (Å²) in [7, 11) is -3.24. The van der Waals surface area contributed by atoms with Crippen LogP contribution in [-0.2, 0) is 14.6 Å². The van der Waals surface area contributed by atoms with Crippen molar-refractivity contribution < 1.29 is 18.3 Å². The molecule has 17 heavy (non-hydrogen) atoms. The standard InChI is InChI=1S/C11H21NO4S/c1-9-3-5-12(6-4-9)7-10(11(13)14)8-17(2,15)16/h9-10H,3-8H2,1-2H3,(H,13,14). The van der Waals surface area contributed by atoms with E-state index in [0.29, 0.717) is 12.5 Å².